The molecule has 0 bridgehead atoms. The third-order valence-corrected chi connectivity index (χ3v) is 9.66. The van der Waals surface area contributed by atoms with Crippen LogP contribution in [0.3, 0.4) is 0 Å². The van der Waals surface area contributed by atoms with E-state index in [1.807, 2.05) is 0 Å². The van der Waals surface area contributed by atoms with Gasteiger partial charge in [0, 0.05) is 19.3 Å². The van der Waals surface area contributed by atoms with Crippen LogP contribution in [0.25, 0.3) is 0 Å². The van der Waals surface area contributed by atoms with Crippen LogP contribution in [0.15, 0.2) is 85.1 Å². The minimum atomic E-state index is -0.793. The summed E-state index contributed by atoms with van der Waals surface area (Å²) in [6, 6.07) is 0. The minimum absolute atomic E-state index is 0.0935. The van der Waals surface area contributed by atoms with E-state index in [0.29, 0.717) is 19.3 Å². The number of hydrogen-bond acceptors (Lipinski definition) is 6. The van der Waals surface area contributed by atoms with Crippen LogP contribution in [0.5, 0.6) is 0 Å². The largest absolute Gasteiger partial charge is 0.462 e. The number of rotatable bonds is 41. The fourth-order valence-electron chi connectivity index (χ4n) is 6.14. The molecule has 0 amide bonds. The molecule has 0 fully saturated rings. The van der Waals surface area contributed by atoms with Gasteiger partial charge in [-0.25, -0.2) is 0 Å². The van der Waals surface area contributed by atoms with Crippen molar-refractivity contribution in [1.29, 1.82) is 0 Å². The third kappa shape index (κ3) is 43.7. The van der Waals surface area contributed by atoms with Crippen molar-refractivity contribution in [1.82, 2.24) is 0 Å². The van der Waals surface area contributed by atoms with Crippen molar-refractivity contribution in [2.45, 2.75) is 213 Å². The molecule has 0 aliphatic heterocycles. The van der Waals surface area contributed by atoms with Crippen LogP contribution in [-0.2, 0) is 28.6 Å². The van der Waals surface area contributed by atoms with E-state index < -0.39 is 6.10 Å². The predicted molar refractivity (Wildman–Crippen MR) is 247 cm³/mol. The molecule has 0 aromatic carbocycles. The molecular weight excluding hydrogens is 721 g/mol. The van der Waals surface area contributed by atoms with Crippen molar-refractivity contribution in [3.05, 3.63) is 85.1 Å². The Kier molecular flexibility index (Phi) is 43.6. The van der Waals surface area contributed by atoms with Crippen molar-refractivity contribution in [2.75, 3.05) is 13.2 Å². The average molecular weight is 807 g/mol. The van der Waals surface area contributed by atoms with E-state index >= 15 is 0 Å². The highest BCUT2D eigenvalue weighted by Gasteiger charge is 2.19. The standard InChI is InChI=1S/C52H86O6/c1-4-7-10-13-16-18-20-21-22-23-24-25-26-27-28-29-30-31-32-34-36-39-42-45-51(54)57-48-49(47-56-50(53)44-41-38-35-15-12-9-6-3)58-52(55)46-43-40-37-33-19-17-14-11-8-5-2/h7,10,16,18,21-22,24-25,27-28,30-31,34,36,49H,4-6,8-9,11-15,17,19-20,23,26,29,32-33,35,37-48H2,1-3H3/b10-7-,18-16-,22-21-,25-24-,28-27-,31-30-,36-34-. The van der Waals surface area contributed by atoms with Gasteiger partial charge in [-0.15, -0.1) is 0 Å². The van der Waals surface area contributed by atoms with Crippen molar-refractivity contribution in [3.8, 4) is 0 Å². The van der Waals surface area contributed by atoms with E-state index in [0.717, 1.165) is 89.9 Å². The molecule has 1 atom stereocenters. The SMILES string of the molecule is CC/C=C\C/C=C\C/C=C\C/C=C\C/C=C\C/C=C\C/C=C\CCCC(=O)OCC(COC(=O)CCCCCCCCC)OC(=O)CCCCCCCCCCCC. The molecule has 0 rings (SSSR count). The first-order valence-corrected chi connectivity index (χ1v) is 23.6. The van der Waals surface area contributed by atoms with Crippen molar-refractivity contribution < 1.29 is 28.6 Å². The van der Waals surface area contributed by atoms with E-state index in [2.05, 4.69) is 106 Å². The van der Waals surface area contributed by atoms with Crippen LogP contribution in [0.4, 0.5) is 0 Å². The van der Waals surface area contributed by atoms with Crippen LogP contribution in [0.1, 0.15) is 207 Å². The average Bonchev–Trinajstić information content (AvgIpc) is 3.22. The summed E-state index contributed by atoms with van der Waals surface area (Å²) in [7, 11) is 0. The molecule has 58 heavy (non-hydrogen) atoms. The summed E-state index contributed by atoms with van der Waals surface area (Å²) in [4.78, 5) is 37.6. The van der Waals surface area contributed by atoms with E-state index in [9.17, 15) is 14.4 Å². The van der Waals surface area contributed by atoms with Crippen LogP contribution >= 0.6 is 0 Å². The van der Waals surface area contributed by atoms with Crippen LogP contribution in [0.2, 0.25) is 0 Å². The number of ether oxygens (including phenoxy) is 3. The first kappa shape index (κ1) is 54.6. The number of unbranched alkanes of at least 4 members (excludes halogenated alkanes) is 16. The van der Waals surface area contributed by atoms with Gasteiger partial charge < -0.3 is 14.2 Å². The van der Waals surface area contributed by atoms with Gasteiger partial charge in [-0.05, 0) is 70.6 Å². The van der Waals surface area contributed by atoms with Gasteiger partial charge >= 0.3 is 17.9 Å². The van der Waals surface area contributed by atoms with E-state index in [1.165, 1.54) is 70.6 Å². The van der Waals surface area contributed by atoms with Gasteiger partial charge in [0.25, 0.3) is 0 Å². The van der Waals surface area contributed by atoms with E-state index in [4.69, 9.17) is 14.2 Å². The molecule has 6 nitrogen and oxygen atoms in total. The van der Waals surface area contributed by atoms with Crippen LogP contribution in [-0.4, -0.2) is 37.2 Å². The van der Waals surface area contributed by atoms with Crippen molar-refractivity contribution >= 4 is 17.9 Å². The molecule has 0 saturated carbocycles. The number of allylic oxidation sites excluding steroid dienone is 14. The van der Waals surface area contributed by atoms with E-state index in [1.54, 1.807) is 0 Å². The lowest BCUT2D eigenvalue weighted by Crippen LogP contribution is -2.30. The van der Waals surface area contributed by atoms with Gasteiger partial charge in [-0.3, -0.25) is 14.4 Å². The number of carbonyl (C=O) groups excluding carboxylic acids is 3. The Morgan fingerprint density at radius 2 is 0.672 bits per heavy atom. The molecular formula is C52H86O6. The second kappa shape index (κ2) is 46.3. The molecule has 330 valence electrons. The highest BCUT2D eigenvalue weighted by Crippen LogP contribution is 2.13. The molecule has 0 saturated heterocycles. The molecule has 0 radical (unpaired) electrons. The van der Waals surface area contributed by atoms with Crippen LogP contribution in [0, 0.1) is 0 Å². The first-order chi connectivity index (χ1) is 28.5. The third-order valence-electron chi connectivity index (χ3n) is 9.66. The summed E-state index contributed by atoms with van der Waals surface area (Å²) in [5.41, 5.74) is 0. The number of hydrogen-bond donors (Lipinski definition) is 0. The Balaban J connectivity index is 4.34. The predicted octanol–water partition coefficient (Wildman–Crippen LogP) is 15.3. The maximum atomic E-state index is 12.7. The Hall–Kier alpha value is -3.41. The topological polar surface area (TPSA) is 78.9 Å². The summed E-state index contributed by atoms with van der Waals surface area (Å²) in [5, 5.41) is 0. The molecule has 0 spiro atoms. The lowest BCUT2D eigenvalue weighted by atomic mass is 10.1. The van der Waals surface area contributed by atoms with E-state index in [-0.39, 0.29) is 37.5 Å². The number of carbonyl (C=O) groups is 3. The summed E-state index contributed by atoms with van der Waals surface area (Å²) in [6.45, 7) is 6.40. The van der Waals surface area contributed by atoms with Gasteiger partial charge in [0.2, 0.25) is 0 Å². The maximum Gasteiger partial charge on any atom is 0.306 e. The maximum absolute atomic E-state index is 12.7. The lowest BCUT2D eigenvalue weighted by molar-refractivity contribution is -0.167. The molecule has 0 aliphatic carbocycles. The van der Waals surface area contributed by atoms with Crippen molar-refractivity contribution in [2.24, 2.45) is 0 Å². The lowest BCUT2D eigenvalue weighted by Gasteiger charge is -2.18. The van der Waals surface area contributed by atoms with Gasteiger partial charge in [0.15, 0.2) is 6.10 Å². The van der Waals surface area contributed by atoms with Crippen molar-refractivity contribution in [3.63, 3.8) is 0 Å². The van der Waals surface area contributed by atoms with Gasteiger partial charge in [0.05, 0.1) is 0 Å². The fourth-order valence-corrected chi connectivity index (χ4v) is 6.14. The molecule has 1 unspecified atom stereocenters. The Labute approximate surface area is 356 Å². The molecule has 0 heterocycles. The molecule has 6 heteroatoms. The van der Waals surface area contributed by atoms with Gasteiger partial charge in [0.1, 0.15) is 13.2 Å². The first-order valence-electron chi connectivity index (χ1n) is 23.6. The Bertz CT molecular complexity index is 1160. The second-order valence-electron chi connectivity index (χ2n) is 15.3. The zero-order valence-electron chi connectivity index (χ0n) is 37.5. The Morgan fingerprint density at radius 3 is 1.05 bits per heavy atom. The molecule has 0 aliphatic rings. The normalized spacial score (nSPS) is 12.8. The second-order valence-corrected chi connectivity index (χ2v) is 15.3. The quantitative estimate of drug-likeness (QED) is 0.0265. The highest BCUT2D eigenvalue weighted by atomic mass is 16.6. The number of esters is 3. The summed E-state index contributed by atoms with van der Waals surface area (Å²) in [6.07, 6.45) is 58.7. The van der Waals surface area contributed by atoms with Gasteiger partial charge in [-0.2, -0.15) is 0 Å². The molecule has 0 aromatic rings. The van der Waals surface area contributed by atoms with Crippen LogP contribution < -0.4 is 0 Å². The highest BCUT2D eigenvalue weighted by molar-refractivity contribution is 5.71. The summed E-state index contributed by atoms with van der Waals surface area (Å²) >= 11 is 0. The summed E-state index contributed by atoms with van der Waals surface area (Å²) in [5.74, 6) is -0.970. The minimum Gasteiger partial charge on any atom is -0.462 e. The molecule has 0 aromatic heterocycles. The van der Waals surface area contributed by atoms with Gasteiger partial charge in [-0.1, -0.05) is 202 Å². The summed E-state index contributed by atoms with van der Waals surface area (Å²) < 4.78 is 16.6. The molecule has 0 N–H and O–H groups in total. The zero-order valence-corrected chi connectivity index (χ0v) is 37.5. The Morgan fingerprint density at radius 1 is 0.362 bits per heavy atom. The monoisotopic (exact) mass is 807 g/mol. The smallest absolute Gasteiger partial charge is 0.306 e. The fraction of sp³-hybridized carbons (Fsp3) is 0.673. The zero-order chi connectivity index (χ0) is 42.3.